The lowest BCUT2D eigenvalue weighted by Gasteiger charge is -2.18. The number of hydrogen-bond acceptors (Lipinski definition) is 6. The van der Waals surface area contributed by atoms with Crippen LogP contribution in [0.5, 0.6) is 0 Å². The molecule has 0 rings (SSSR count). The van der Waals surface area contributed by atoms with Gasteiger partial charge in [0.25, 0.3) is 0 Å². The molecule has 0 heterocycles. The summed E-state index contributed by atoms with van der Waals surface area (Å²) in [6.07, 6.45) is 71.0. The van der Waals surface area contributed by atoms with Gasteiger partial charge in [0.1, 0.15) is 13.2 Å². The van der Waals surface area contributed by atoms with Crippen LogP contribution in [0.15, 0.2) is 48.6 Å². The van der Waals surface area contributed by atoms with E-state index in [1.165, 1.54) is 193 Å². The Labute approximate surface area is 428 Å². The molecule has 0 aliphatic heterocycles. The maximum absolute atomic E-state index is 12.9. The van der Waals surface area contributed by atoms with Gasteiger partial charge in [0.2, 0.25) is 0 Å². The smallest absolute Gasteiger partial charge is 0.306 e. The first-order chi connectivity index (χ1) is 34.0. The first kappa shape index (κ1) is 66.4. The third kappa shape index (κ3) is 56.2. The van der Waals surface area contributed by atoms with E-state index in [0.29, 0.717) is 19.3 Å². The average Bonchev–Trinajstić information content (AvgIpc) is 3.35. The Kier molecular flexibility index (Phi) is 55.7. The van der Waals surface area contributed by atoms with Gasteiger partial charge < -0.3 is 14.2 Å². The number of hydrogen-bond donors (Lipinski definition) is 0. The van der Waals surface area contributed by atoms with Gasteiger partial charge in [-0.05, 0) is 103 Å². The quantitative estimate of drug-likeness (QED) is 0.0262. The number of ether oxygens (including phenoxy) is 3. The van der Waals surface area contributed by atoms with Crippen molar-refractivity contribution in [2.24, 2.45) is 0 Å². The number of unbranched alkanes of at least 4 members (excludes halogenated alkanes) is 36. The van der Waals surface area contributed by atoms with E-state index in [2.05, 4.69) is 69.4 Å². The second kappa shape index (κ2) is 57.9. The second-order valence-electron chi connectivity index (χ2n) is 20.2. The molecule has 0 aromatic carbocycles. The van der Waals surface area contributed by atoms with Gasteiger partial charge in [0.05, 0.1) is 0 Å². The van der Waals surface area contributed by atoms with Crippen molar-refractivity contribution in [3.63, 3.8) is 0 Å². The predicted molar refractivity (Wildman–Crippen MR) is 298 cm³/mol. The molecule has 6 heteroatoms. The summed E-state index contributed by atoms with van der Waals surface area (Å²) in [5, 5.41) is 0. The van der Waals surface area contributed by atoms with Crippen LogP contribution >= 0.6 is 0 Å². The minimum absolute atomic E-state index is 0.0796. The molecule has 0 aromatic heterocycles. The highest BCUT2D eigenvalue weighted by molar-refractivity contribution is 5.71. The van der Waals surface area contributed by atoms with Gasteiger partial charge in [-0.2, -0.15) is 0 Å². The third-order valence-electron chi connectivity index (χ3n) is 13.3. The number of rotatable bonds is 55. The van der Waals surface area contributed by atoms with Crippen LogP contribution in [0.3, 0.4) is 0 Å². The lowest BCUT2D eigenvalue weighted by molar-refractivity contribution is -0.167. The lowest BCUT2D eigenvalue weighted by Crippen LogP contribution is -2.30. The molecule has 0 aromatic rings. The van der Waals surface area contributed by atoms with Crippen molar-refractivity contribution >= 4 is 17.9 Å². The molecule has 0 fully saturated rings. The molecule has 0 unspecified atom stereocenters. The van der Waals surface area contributed by atoms with Crippen molar-refractivity contribution < 1.29 is 28.6 Å². The molecule has 0 aliphatic carbocycles. The SMILES string of the molecule is CCCCCCC/C=C\C/C=C\CCCCCCCCCCCC(=O)OC[C@H](COC(=O)CCCCCCC/C=C\CCCCCCCC)OC(=O)CCCCCCC/C=C\CCCCCCCC. The van der Waals surface area contributed by atoms with E-state index >= 15 is 0 Å². The number of esters is 3. The summed E-state index contributed by atoms with van der Waals surface area (Å²) in [5.41, 5.74) is 0. The Balaban J connectivity index is 4.35. The maximum Gasteiger partial charge on any atom is 0.306 e. The van der Waals surface area contributed by atoms with Gasteiger partial charge in [0.15, 0.2) is 6.10 Å². The Morgan fingerprint density at radius 2 is 0.522 bits per heavy atom. The van der Waals surface area contributed by atoms with Gasteiger partial charge in [-0.25, -0.2) is 0 Å². The monoisotopic (exact) mass is 967 g/mol. The third-order valence-corrected chi connectivity index (χ3v) is 13.3. The largest absolute Gasteiger partial charge is 0.462 e. The fraction of sp³-hybridized carbons (Fsp3) is 0.825. The van der Waals surface area contributed by atoms with Crippen molar-refractivity contribution in [1.82, 2.24) is 0 Å². The molecule has 6 nitrogen and oxygen atoms in total. The van der Waals surface area contributed by atoms with Gasteiger partial charge in [0, 0.05) is 19.3 Å². The summed E-state index contributed by atoms with van der Waals surface area (Å²) < 4.78 is 16.9. The molecule has 0 bridgehead atoms. The van der Waals surface area contributed by atoms with E-state index in [4.69, 9.17) is 14.2 Å². The number of allylic oxidation sites excluding steroid dienone is 8. The minimum Gasteiger partial charge on any atom is -0.462 e. The predicted octanol–water partition coefficient (Wildman–Crippen LogP) is 20.2. The second-order valence-corrected chi connectivity index (χ2v) is 20.2. The molecule has 0 saturated carbocycles. The van der Waals surface area contributed by atoms with Gasteiger partial charge in [-0.1, -0.05) is 243 Å². The highest BCUT2D eigenvalue weighted by Crippen LogP contribution is 2.16. The zero-order valence-electron chi connectivity index (χ0n) is 46.1. The van der Waals surface area contributed by atoms with Gasteiger partial charge in [-0.15, -0.1) is 0 Å². The Bertz CT molecular complexity index is 1200. The summed E-state index contributed by atoms with van der Waals surface area (Å²) >= 11 is 0. The van der Waals surface area contributed by atoms with Crippen molar-refractivity contribution in [3.8, 4) is 0 Å². The van der Waals surface area contributed by atoms with Crippen molar-refractivity contribution in [3.05, 3.63) is 48.6 Å². The van der Waals surface area contributed by atoms with E-state index in [-0.39, 0.29) is 31.1 Å². The van der Waals surface area contributed by atoms with Crippen LogP contribution in [0.1, 0.15) is 316 Å². The molecule has 0 aliphatic rings. The van der Waals surface area contributed by atoms with Crippen LogP contribution in [0.4, 0.5) is 0 Å². The van der Waals surface area contributed by atoms with Crippen molar-refractivity contribution in [1.29, 1.82) is 0 Å². The van der Waals surface area contributed by atoms with E-state index in [1.54, 1.807) is 0 Å². The zero-order valence-corrected chi connectivity index (χ0v) is 46.1. The maximum atomic E-state index is 12.9. The average molecular weight is 968 g/mol. The molecule has 0 N–H and O–H groups in total. The molecular formula is C63H114O6. The first-order valence-corrected chi connectivity index (χ1v) is 30.1. The van der Waals surface area contributed by atoms with Crippen LogP contribution in [0, 0.1) is 0 Å². The van der Waals surface area contributed by atoms with E-state index in [1.807, 2.05) is 0 Å². The Morgan fingerprint density at radius 3 is 0.812 bits per heavy atom. The van der Waals surface area contributed by atoms with Gasteiger partial charge in [-0.3, -0.25) is 14.4 Å². The zero-order chi connectivity index (χ0) is 50.0. The summed E-state index contributed by atoms with van der Waals surface area (Å²) in [5.74, 6) is -0.886. The fourth-order valence-electron chi connectivity index (χ4n) is 8.70. The lowest BCUT2D eigenvalue weighted by atomic mass is 10.1. The van der Waals surface area contributed by atoms with Gasteiger partial charge >= 0.3 is 17.9 Å². The molecule has 0 amide bonds. The van der Waals surface area contributed by atoms with Crippen LogP contribution in [0.25, 0.3) is 0 Å². The topological polar surface area (TPSA) is 78.9 Å². The van der Waals surface area contributed by atoms with Crippen molar-refractivity contribution in [2.75, 3.05) is 13.2 Å². The molecule has 0 radical (unpaired) electrons. The van der Waals surface area contributed by atoms with Crippen LogP contribution in [-0.2, 0) is 28.6 Å². The molecular weight excluding hydrogens is 853 g/mol. The summed E-state index contributed by atoms with van der Waals surface area (Å²) in [6, 6.07) is 0. The summed E-state index contributed by atoms with van der Waals surface area (Å²) in [4.78, 5) is 38.2. The Hall–Kier alpha value is -2.63. The molecule has 1 atom stereocenters. The minimum atomic E-state index is -0.782. The first-order valence-electron chi connectivity index (χ1n) is 30.1. The van der Waals surface area contributed by atoms with Crippen molar-refractivity contribution in [2.45, 2.75) is 322 Å². The van der Waals surface area contributed by atoms with E-state index < -0.39 is 6.10 Å². The normalized spacial score (nSPS) is 12.3. The summed E-state index contributed by atoms with van der Waals surface area (Å²) in [6.45, 7) is 6.64. The summed E-state index contributed by atoms with van der Waals surface area (Å²) in [7, 11) is 0. The number of carbonyl (C=O) groups is 3. The molecule has 69 heavy (non-hydrogen) atoms. The molecule has 0 saturated heterocycles. The highest BCUT2D eigenvalue weighted by Gasteiger charge is 2.19. The fourth-order valence-corrected chi connectivity index (χ4v) is 8.70. The van der Waals surface area contributed by atoms with Crippen LogP contribution < -0.4 is 0 Å². The standard InChI is InChI=1S/C63H114O6/c1-4-7-10-13-16-19-22-25-28-29-30-31-32-33-36-38-41-44-47-50-53-56-62(65)68-59-60(69-63(66)57-54-51-48-45-42-39-35-27-24-21-18-15-12-9-6-3)58-67-61(64)55-52-49-46-43-40-37-34-26-23-20-17-14-11-8-5-2/h22,25-27,29-30,34-35,60H,4-21,23-24,28,31-33,36-59H2,1-3H3/b25-22-,30-29-,34-26-,35-27-/t60-/m0/s1. The Morgan fingerprint density at radius 1 is 0.290 bits per heavy atom. The highest BCUT2D eigenvalue weighted by atomic mass is 16.6. The van der Waals surface area contributed by atoms with E-state index in [9.17, 15) is 14.4 Å². The van der Waals surface area contributed by atoms with Crippen LogP contribution in [-0.4, -0.2) is 37.2 Å². The molecule has 0 spiro atoms. The van der Waals surface area contributed by atoms with Crippen LogP contribution in [0.2, 0.25) is 0 Å². The molecule has 402 valence electrons. The number of carbonyl (C=O) groups excluding carboxylic acids is 3. The van der Waals surface area contributed by atoms with E-state index in [0.717, 1.165) is 83.5 Å².